The van der Waals surface area contributed by atoms with Crippen LogP contribution >= 0.6 is 7.82 Å². The van der Waals surface area contributed by atoms with Crippen molar-refractivity contribution in [2.75, 3.05) is 0 Å². The van der Waals surface area contributed by atoms with Gasteiger partial charge in [0.15, 0.2) is 0 Å². The summed E-state index contributed by atoms with van der Waals surface area (Å²) in [6.07, 6.45) is 8.43. The molecule has 0 aliphatic rings. The number of phosphoric acid groups is 1. The van der Waals surface area contributed by atoms with Crippen molar-refractivity contribution in [2.45, 2.75) is 0 Å². The normalized spacial score (nSPS) is 10.9. The Morgan fingerprint density at radius 2 is 0.800 bits per heavy atom. The van der Waals surface area contributed by atoms with Gasteiger partial charge in [-0.05, 0) is 46.5 Å². The van der Waals surface area contributed by atoms with Crippen LogP contribution in [0.2, 0.25) is 0 Å². The van der Waals surface area contributed by atoms with Crippen molar-refractivity contribution in [1.82, 2.24) is 0 Å². The molecule has 0 spiro atoms. The van der Waals surface area contributed by atoms with Crippen molar-refractivity contribution in [3.05, 3.63) is 131 Å². The molecule has 0 heterocycles. The first-order valence-corrected chi connectivity index (χ1v) is 12.0. The smallest absolute Gasteiger partial charge is 0.756 e. The Bertz CT molecular complexity index is 1150. The van der Waals surface area contributed by atoms with Crippen molar-refractivity contribution in [3.63, 3.8) is 0 Å². The largest absolute Gasteiger partial charge is 1.00 e. The summed E-state index contributed by atoms with van der Waals surface area (Å²) in [6.45, 7) is 0. The van der Waals surface area contributed by atoms with Crippen LogP contribution in [0.15, 0.2) is 109 Å². The van der Waals surface area contributed by atoms with Crippen LogP contribution < -0.4 is 61.0 Å². The molecule has 0 aliphatic carbocycles. The first kappa shape index (κ1) is 29.1. The van der Waals surface area contributed by atoms with E-state index in [9.17, 15) is 0 Å². The summed E-state index contributed by atoms with van der Waals surface area (Å²) in [5.41, 5.74) is 4.66. The summed E-state index contributed by atoms with van der Waals surface area (Å²) in [6, 6.07) is 36.8. The van der Waals surface area contributed by atoms with Crippen molar-refractivity contribution in [1.29, 1.82) is 0 Å². The second-order valence-electron chi connectivity index (χ2n) is 7.22. The topological polar surface area (TPSA) is 89.8 Å². The summed E-state index contributed by atoms with van der Waals surface area (Å²) in [7, 11) is -4.89. The Kier molecular flexibility index (Phi) is 12.6. The SMILES string of the molecule is C(=Cc1ccc(Oc2ccc(C=Cc3ccccc3)cc2)cc1)c1ccccc1.O=P([O-])(O)O.[K+]. The molecule has 7 heteroatoms. The average Bonchev–Trinajstić information content (AvgIpc) is 2.83. The van der Waals surface area contributed by atoms with Gasteiger partial charge in [0, 0.05) is 0 Å². The molecule has 0 atom stereocenters. The van der Waals surface area contributed by atoms with Gasteiger partial charge in [-0.15, -0.1) is 0 Å². The van der Waals surface area contributed by atoms with E-state index < -0.39 is 7.82 Å². The van der Waals surface area contributed by atoms with Gasteiger partial charge in [0.1, 0.15) is 11.5 Å². The van der Waals surface area contributed by atoms with Gasteiger partial charge in [-0.2, -0.15) is 0 Å². The third-order valence-corrected chi connectivity index (χ3v) is 4.53. The molecule has 35 heavy (non-hydrogen) atoms. The summed E-state index contributed by atoms with van der Waals surface area (Å²) >= 11 is 0. The molecule has 0 unspecified atom stereocenters. The van der Waals surface area contributed by atoms with Crippen molar-refractivity contribution in [2.24, 2.45) is 0 Å². The van der Waals surface area contributed by atoms with Gasteiger partial charge in [-0.1, -0.05) is 109 Å². The third-order valence-electron chi connectivity index (χ3n) is 4.53. The fourth-order valence-corrected chi connectivity index (χ4v) is 2.94. The molecule has 4 aromatic carbocycles. The number of ether oxygens (including phenoxy) is 1. The van der Waals surface area contributed by atoms with E-state index in [1.807, 2.05) is 60.7 Å². The zero-order valence-corrected chi connectivity index (χ0v) is 23.3. The molecular weight excluding hydrogens is 486 g/mol. The van der Waals surface area contributed by atoms with Crippen LogP contribution in [0.3, 0.4) is 0 Å². The molecule has 0 saturated heterocycles. The maximum atomic E-state index is 8.77. The zero-order chi connectivity index (χ0) is 24.2. The van der Waals surface area contributed by atoms with Crippen LogP contribution in [0, 0.1) is 0 Å². The van der Waals surface area contributed by atoms with Crippen LogP contribution in [0.1, 0.15) is 22.3 Å². The van der Waals surface area contributed by atoms with Crippen molar-refractivity contribution < 1.29 is 75.4 Å². The molecule has 0 aromatic heterocycles. The van der Waals surface area contributed by atoms with E-state index in [1.165, 1.54) is 11.1 Å². The van der Waals surface area contributed by atoms with Gasteiger partial charge in [-0.3, -0.25) is 4.57 Å². The number of hydrogen-bond acceptors (Lipinski definition) is 3. The second-order valence-corrected chi connectivity index (χ2v) is 8.20. The fraction of sp³-hybridized carbons (Fsp3) is 0. The Labute approximate surface area is 248 Å². The van der Waals surface area contributed by atoms with E-state index in [-0.39, 0.29) is 51.4 Å². The second kappa shape index (κ2) is 15.1. The maximum Gasteiger partial charge on any atom is 1.00 e. The van der Waals surface area contributed by atoms with Gasteiger partial charge in [0.05, 0.1) is 0 Å². The predicted octanol–water partition coefficient (Wildman–Crippen LogP) is 3.26. The van der Waals surface area contributed by atoms with E-state index in [0.29, 0.717) is 0 Å². The van der Waals surface area contributed by atoms with Crippen LogP contribution in [0.25, 0.3) is 24.3 Å². The van der Waals surface area contributed by atoms with Crippen LogP contribution in [0.4, 0.5) is 0 Å². The molecule has 4 aromatic rings. The van der Waals surface area contributed by atoms with E-state index in [2.05, 4.69) is 72.8 Å². The number of benzene rings is 4. The van der Waals surface area contributed by atoms with Crippen LogP contribution in [0.5, 0.6) is 11.5 Å². The molecule has 172 valence electrons. The summed E-state index contributed by atoms with van der Waals surface area (Å²) < 4.78 is 14.7. The molecule has 0 aliphatic heterocycles. The zero-order valence-electron chi connectivity index (χ0n) is 19.3. The minimum atomic E-state index is -4.89. The van der Waals surface area contributed by atoms with E-state index in [4.69, 9.17) is 24.0 Å². The van der Waals surface area contributed by atoms with Crippen molar-refractivity contribution >= 4 is 32.1 Å². The molecule has 0 amide bonds. The number of rotatable bonds is 6. The Hall–Kier alpha value is -2.09. The first-order chi connectivity index (χ1) is 16.3. The van der Waals surface area contributed by atoms with Gasteiger partial charge >= 0.3 is 51.4 Å². The fourth-order valence-electron chi connectivity index (χ4n) is 2.94. The molecule has 0 saturated carbocycles. The van der Waals surface area contributed by atoms with Gasteiger partial charge in [-0.25, -0.2) is 0 Å². The minimum Gasteiger partial charge on any atom is -0.756 e. The predicted molar refractivity (Wildman–Crippen MR) is 136 cm³/mol. The molecule has 5 nitrogen and oxygen atoms in total. The third kappa shape index (κ3) is 12.4. The van der Waals surface area contributed by atoms with E-state index in [0.717, 1.165) is 22.6 Å². The van der Waals surface area contributed by atoms with Gasteiger partial charge < -0.3 is 19.4 Å². The first-order valence-electron chi connectivity index (χ1n) is 10.5. The summed E-state index contributed by atoms with van der Waals surface area (Å²) in [4.78, 5) is 22.9. The molecule has 4 rings (SSSR count). The van der Waals surface area contributed by atoms with Crippen LogP contribution in [-0.4, -0.2) is 9.79 Å². The molecule has 0 fully saturated rings. The van der Waals surface area contributed by atoms with Crippen molar-refractivity contribution in [3.8, 4) is 11.5 Å². The monoisotopic (exact) mass is 510 g/mol. The maximum absolute atomic E-state index is 8.77. The van der Waals surface area contributed by atoms with Crippen LogP contribution in [-0.2, 0) is 4.57 Å². The molecule has 0 bridgehead atoms. The number of hydrogen-bond donors (Lipinski definition) is 2. The summed E-state index contributed by atoms with van der Waals surface area (Å²) in [5.74, 6) is 1.66. The minimum absolute atomic E-state index is 0. The van der Waals surface area contributed by atoms with E-state index >= 15 is 0 Å². The average molecular weight is 511 g/mol. The Balaban J connectivity index is 0.000000656. The summed E-state index contributed by atoms with van der Waals surface area (Å²) in [5, 5.41) is 0. The molecule has 0 radical (unpaired) electrons. The van der Waals surface area contributed by atoms with Gasteiger partial charge in [0.25, 0.3) is 7.82 Å². The molecular formula is C28H24KO5P. The Morgan fingerprint density at radius 1 is 0.543 bits per heavy atom. The van der Waals surface area contributed by atoms with Gasteiger partial charge in [0.2, 0.25) is 0 Å². The quantitative estimate of drug-likeness (QED) is 0.236. The standard InChI is InChI=1S/C28H22O.K.H3O4P/c1-3-7-23(8-4-1)11-13-25-15-19-27(20-16-25)29-28-21-17-26(18-22-28)14-12-24-9-5-2-6-10-24;;1-5(2,3)4/h1-22H;;(H3,1,2,3,4)/q;+1;/p-1. The molecule has 2 N–H and O–H groups in total. The van der Waals surface area contributed by atoms with E-state index in [1.54, 1.807) is 0 Å². The Morgan fingerprint density at radius 3 is 1.09 bits per heavy atom.